The lowest BCUT2D eigenvalue weighted by atomic mass is 9.68. The van der Waals surface area contributed by atoms with Crippen molar-refractivity contribution in [2.24, 2.45) is 0 Å². The van der Waals surface area contributed by atoms with Crippen LogP contribution in [0.3, 0.4) is 0 Å². The summed E-state index contributed by atoms with van der Waals surface area (Å²) < 4.78 is 2.40. The van der Waals surface area contributed by atoms with Gasteiger partial charge in [-0.25, -0.2) is 0 Å². The van der Waals surface area contributed by atoms with Crippen LogP contribution < -0.4 is 4.90 Å². The Kier molecular flexibility index (Phi) is 7.75. The van der Waals surface area contributed by atoms with Gasteiger partial charge in [-0.15, -0.1) is 0 Å². The van der Waals surface area contributed by atoms with Gasteiger partial charge in [0, 0.05) is 33.5 Å². The van der Waals surface area contributed by atoms with Crippen molar-refractivity contribution >= 4 is 38.9 Å². The van der Waals surface area contributed by atoms with Crippen LogP contribution in [0, 0.1) is 0 Å². The van der Waals surface area contributed by atoms with Gasteiger partial charge in [0.05, 0.1) is 16.4 Å². The Morgan fingerprint density at radius 2 is 0.807 bits per heavy atom. The summed E-state index contributed by atoms with van der Waals surface area (Å²) in [4.78, 5) is 2.40. The Bertz CT molecular complexity index is 2990. The molecule has 57 heavy (non-hydrogen) atoms. The normalized spacial score (nSPS) is 12.7. The maximum atomic E-state index is 2.40. The summed E-state index contributed by atoms with van der Waals surface area (Å²) >= 11 is 0. The van der Waals surface area contributed by atoms with Crippen LogP contribution in [0.4, 0.5) is 17.1 Å². The molecule has 0 saturated heterocycles. The number of aromatic nitrogens is 1. The van der Waals surface area contributed by atoms with Crippen LogP contribution in [0.25, 0.3) is 49.7 Å². The van der Waals surface area contributed by atoms with Gasteiger partial charge < -0.3 is 9.47 Å². The molecular weight excluding hydrogens is 689 g/mol. The lowest BCUT2D eigenvalue weighted by molar-refractivity contribution is 0.768. The molecule has 2 nitrogen and oxygen atoms in total. The molecule has 11 rings (SSSR count). The second-order valence-electron chi connectivity index (χ2n) is 14.9. The molecular formula is C55H38N2. The summed E-state index contributed by atoms with van der Waals surface area (Å²) in [5.74, 6) is 0. The van der Waals surface area contributed by atoms with Gasteiger partial charge in [0.15, 0.2) is 0 Å². The van der Waals surface area contributed by atoms with Gasteiger partial charge in [0.2, 0.25) is 0 Å². The standard InChI is InChI=1S/C55H38N2/c1-4-16-39(17-5-1)40-28-32-44(33-29-40)56(46-36-37-50-49-24-12-15-27-53(49)57(54(50)38-46)43-20-8-3-9-21-43)45-34-30-42(31-35-45)55(41-18-6-2-7-19-41)51-25-13-10-22-47(51)48-23-11-14-26-52(48)55/h1-38H. The molecule has 0 N–H and O–H groups in total. The van der Waals surface area contributed by atoms with Crippen LogP contribution in [0.1, 0.15) is 22.3 Å². The first kappa shape index (κ1) is 33.0. The second kappa shape index (κ2) is 13.4. The molecule has 268 valence electrons. The van der Waals surface area contributed by atoms with Crippen LogP contribution in [0.15, 0.2) is 231 Å². The summed E-state index contributed by atoms with van der Waals surface area (Å²) in [7, 11) is 0. The third-order valence-corrected chi connectivity index (χ3v) is 11.9. The molecule has 0 radical (unpaired) electrons. The zero-order valence-electron chi connectivity index (χ0n) is 31.3. The first-order chi connectivity index (χ1) is 28.3. The minimum absolute atomic E-state index is 0.454. The number of fused-ring (bicyclic) bond motifs is 6. The van der Waals surface area contributed by atoms with E-state index in [1.807, 2.05) is 0 Å². The lowest BCUT2D eigenvalue weighted by Gasteiger charge is -2.34. The molecule has 1 aromatic heterocycles. The van der Waals surface area contributed by atoms with E-state index >= 15 is 0 Å². The molecule has 1 aliphatic carbocycles. The third-order valence-electron chi connectivity index (χ3n) is 11.9. The van der Waals surface area contributed by atoms with Crippen molar-refractivity contribution in [3.8, 4) is 27.9 Å². The molecule has 0 bridgehead atoms. The van der Waals surface area contributed by atoms with E-state index in [1.165, 1.54) is 66.3 Å². The fraction of sp³-hybridized carbons (Fsp3) is 0.0182. The highest BCUT2D eigenvalue weighted by Crippen LogP contribution is 2.56. The Balaban J connectivity index is 1.11. The van der Waals surface area contributed by atoms with Gasteiger partial charge >= 0.3 is 0 Å². The number of para-hydroxylation sites is 2. The minimum Gasteiger partial charge on any atom is -0.310 e. The topological polar surface area (TPSA) is 8.17 Å². The van der Waals surface area contributed by atoms with E-state index in [1.54, 1.807) is 0 Å². The van der Waals surface area contributed by atoms with E-state index in [0.29, 0.717) is 0 Å². The summed E-state index contributed by atoms with van der Waals surface area (Å²) in [5.41, 5.74) is 16.5. The van der Waals surface area contributed by atoms with Crippen molar-refractivity contribution in [1.29, 1.82) is 0 Å². The maximum Gasteiger partial charge on any atom is 0.0713 e. The smallest absolute Gasteiger partial charge is 0.0713 e. The van der Waals surface area contributed by atoms with E-state index in [9.17, 15) is 0 Å². The molecule has 0 unspecified atom stereocenters. The Hall–Kier alpha value is -7.42. The molecule has 9 aromatic carbocycles. The molecule has 0 aliphatic heterocycles. The zero-order valence-corrected chi connectivity index (χ0v) is 31.3. The van der Waals surface area contributed by atoms with E-state index in [0.717, 1.165) is 22.7 Å². The van der Waals surface area contributed by atoms with Gasteiger partial charge in [-0.05, 0) is 99.1 Å². The van der Waals surface area contributed by atoms with E-state index in [-0.39, 0.29) is 0 Å². The lowest BCUT2D eigenvalue weighted by Crippen LogP contribution is -2.28. The van der Waals surface area contributed by atoms with Crippen molar-refractivity contribution in [3.63, 3.8) is 0 Å². The zero-order chi connectivity index (χ0) is 37.8. The summed E-state index contributed by atoms with van der Waals surface area (Å²) in [6.07, 6.45) is 0. The molecule has 0 amide bonds. The number of nitrogens with zero attached hydrogens (tertiary/aromatic N) is 2. The van der Waals surface area contributed by atoms with Crippen molar-refractivity contribution in [2.75, 3.05) is 4.90 Å². The number of anilines is 3. The van der Waals surface area contributed by atoms with Gasteiger partial charge in [0.1, 0.15) is 0 Å². The van der Waals surface area contributed by atoms with E-state index in [2.05, 4.69) is 240 Å². The number of rotatable bonds is 7. The molecule has 2 heteroatoms. The predicted molar refractivity (Wildman–Crippen MR) is 238 cm³/mol. The van der Waals surface area contributed by atoms with Crippen LogP contribution in [-0.4, -0.2) is 4.57 Å². The van der Waals surface area contributed by atoms with Crippen molar-refractivity contribution in [1.82, 2.24) is 4.57 Å². The average molecular weight is 727 g/mol. The van der Waals surface area contributed by atoms with Crippen LogP contribution in [0.5, 0.6) is 0 Å². The summed E-state index contributed by atoms with van der Waals surface area (Å²) in [6.45, 7) is 0. The van der Waals surface area contributed by atoms with Crippen molar-refractivity contribution < 1.29 is 0 Å². The molecule has 10 aromatic rings. The first-order valence-electron chi connectivity index (χ1n) is 19.7. The van der Waals surface area contributed by atoms with E-state index in [4.69, 9.17) is 0 Å². The van der Waals surface area contributed by atoms with Crippen molar-refractivity contribution in [3.05, 3.63) is 253 Å². The number of benzene rings is 9. The van der Waals surface area contributed by atoms with Crippen LogP contribution in [0.2, 0.25) is 0 Å². The van der Waals surface area contributed by atoms with Gasteiger partial charge in [-0.3, -0.25) is 0 Å². The molecule has 0 atom stereocenters. The predicted octanol–water partition coefficient (Wildman–Crippen LogP) is 14.3. The number of hydrogen-bond acceptors (Lipinski definition) is 1. The second-order valence-corrected chi connectivity index (χ2v) is 14.9. The average Bonchev–Trinajstić information content (AvgIpc) is 3.78. The molecule has 1 aliphatic rings. The quantitative estimate of drug-likeness (QED) is 0.159. The molecule has 0 saturated carbocycles. The summed E-state index contributed by atoms with van der Waals surface area (Å²) in [6, 6.07) is 84.2. The SMILES string of the molecule is c1ccc(-c2ccc(N(c3ccc(C4(c5ccccc5)c5ccccc5-c5ccccc54)cc3)c3ccc4c5ccccc5n(-c5ccccc5)c4c3)cc2)cc1. The Morgan fingerprint density at radius 1 is 0.333 bits per heavy atom. The maximum absolute atomic E-state index is 2.40. The minimum atomic E-state index is -0.454. The van der Waals surface area contributed by atoms with E-state index < -0.39 is 5.41 Å². The third kappa shape index (κ3) is 5.18. The first-order valence-corrected chi connectivity index (χ1v) is 19.7. The largest absolute Gasteiger partial charge is 0.310 e. The van der Waals surface area contributed by atoms with Crippen LogP contribution in [-0.2, 0) is 5.41 Å². The fourth-order valence-electron chi connectivity index (χ4n) is 9.41. The van der Waals surface area contributed by atoms with Gasteiger partial charge in [0.25, 0.3) is 0 Å². The molecule has 0 spiro atoms. The Morgan fingerprint density at radius 3 is 1.47 bits per heavy atom. The van der Waals surface area contributed by atoms with Gasteiger partial charge in [-0.2, -0.15) is 0 Å². The van der Waals surface area contributed by atoms with Gasteiger partial charge in [-0.1, -0.05) is 176 Å². The summed E-state index contributed by atoms with van der Waals surface area (Å²) in [5, 5.41) is 2.48. The number of hydrogen-bond donors (Lipinski definition) is 0. The monoisotopic (exact) mass is 726 g/mol. The molecule has 0 fully saturated rings. The Labute approximate surface area is 333 Å². The molecule has 1 heterocycles. The highest BCUT2D eigenvalue weighted by Gasteiger charge is 2.45. The highest BCUT2D eigenvalue weighted by molar-refractivity contribution is 6.10. The van der Waals surface area contributed by atoms with Crippen molar-refractivity contribution in [2.45, 2.75) is 5.41 Å². The fourth-order valence-corrected chi connectivity index (χ4v) is 9.41. The van der Waals surface area contributed by atoms with Crippen LogP contribution >= 0.6 is 0 Å². The highest BCUT2D eigenvalue weighted by atomic mass is 15.1.